The molecule has 7 nitrogen and oxygen atoms in total. The SMILES string of the molecule is O=[N+]([O-])c1[nH]ncc1OC1CCCNC1. The van der Waals surface area contributed by atoms with Crippen molar-refractivity contribution >= 4 is 5.82 Å². The van der Waals surface area contributed by atoms with E-state index < -0.39 is 4.92 Å². The molecule has 1 aromatic rings. The van der Waals surface area contributed by atoms with Crippen LogP contribution in [0, 0.1) is 10.1 Å². The zero-order valence-electron chi connectivity index (χ0n) is 8.10. The molecule has 1 atom stereocenters. The zero-order valence-corrected chi connectivity index (χ0v) is 8.10. The molecule has 1 unspecified atom stereocenters. The van der Waals surface area contributed by atoms with Gasteiger partial charge in [-0.15, -0.1) is 5.10 Å². The van der Waals surface area contributed by atoms with Crippen LogP contribution in [0.3, 0.4) is 0 Å². The number of H-pyrrole nitrogens is 1. The number of hydrogen-bond donors (Lipinski definition) is 2. The number of hydrogen-bond acceptors (Lipinski definition) is 5. The fraction of sp³-hybridized carbons (Fsp3) is 0.625. The molecule has 1 saturated heterocycles. The number of piperidine rings is 1. The van der Waals surface area contributed by atoms with Crippen molar-refractivity contribution < 1.29 is 9.66 Å². The highest BCUT2D eigenvalue weighted by Crippen LogP contribution is 2.24. The highest BCUT2D eigenvalue weighted by Gasteiger charge is 2.21. The molecule has 0 bridgehead atoms. The van der Waals surface area contributed by atoms with Crippen molar-refractivity contribution in [3.63, 3.8) is 0 Å². The Morgan fingerprint density at radius 3 is 3.20 bits per heavy atom. The highest BCUT2D eigenvalue weighted by atomic mass is 16.6. The van der Waals surface area contributed by atoms with Crippen LogP contribution in [-0.2, 0) is 0 Å². The molecule has 0 radical (unpaired) electrons. The van der Waals surface area contributed by atoms with E-state index in [0.29, 0.717) is 0 Å². The molecule has 0 aromatic carbocycles. The molecule has 0 saturated carbocycles. The average molecular weight is 212 g/mol. The summed E-state index contributed by atoms with van der Waals surface area (Å²) in [5.41, 5.74) is 0. The van der Waals surface area contributed by atoms with Gasteiger partial charge in [0.25, 0.3) is 0 Å². The maximum Gasteiger partial charge on any atom is 0.385 e. The van der Waals surface area contributed by atoms with Crippen molar-refractivity contribution in [1.82, 2.24) is 15.5 Å². The van der Waals surface area contributed by atoms with Crippen molar-refractivity contribution in [2.75, 3.05) is 13.1 Å². The van der Waals surface area contributed by atoms with E-state index in [1.54, 1.807) is 0 Å². The summed E-state index contributed by atoms with van der Waals surface area (Å²) >= 11 is 0. The molecule has 0 spiro atoms. The average Bonchev–Trinajstić information content (AvgIpc) is 2.67. The van der Waals surface area contributed by atoms with E-state index in [9.17, 15) is 10.1 Å². The summed E-state index contributed by atoms with van der Waals surface area (Å²) in [5.74, 6) is 0.0364. The van der Waals surface area contributed by atoms with Gasteiger partial charge in [-0.05, 0) is 24.3 Å². The van der Waals surface area contributed by atoms with Crippen molar-refractivity contribution in [2.45, 2.75) is 18.9 Å². The van der Waals surface area contributed by atoms with Gasteiger partial charge in [0.05, 0.1) is 0 Å². The minimum Gasteiger partial charge on any atom is -0.480 e. The Kier molecular flexibility index (Phi) is 2.82. The van der Waals surface area contributed by atoms with Gasteiger partial charge in [-0.3, -0.25) is 0 Å². The topological polar surface area (TPSA) is 93.1 Å². The molecule has 2 N–H and O–H groups in total. The Bertz CT molecular complexity index is 345. The van der Waals surface area contributed by atoms with Gasteiger partial charge in [0, 0.05) is 6.54 Å². The fourth-order valence-corrected chi connectivity index (χ4v) is 1.59. The van der Waals surface area contributed by atoms with Crippen LogP contribution < -0.4 is 10.1 Å². The van der Waals surface area contributed by atoms with Gasteiger partial charge in [-0.2, -0.15) is 0 Å². The molecule has 15 heavy (non-hydrogen) atoms. The standard InChI is InChI=1S/C8H12N4O3/c13-12(14)8-7(5-10-11-8)15-6-2-1-3-9-4-6/h5-6,9H,1-4H2,(H,10,11). The van der Waals surface area contributed by atoms with Crippen LogP contribution >= 0.6 is 0 Å². The van der Waals surface area contributed by atoms with Crippen LogP contribution in [0.1, 0.15) is 12.8 Å². The number of rotatable bonds is 3. The first-order chi connectivity index (χ1) is 7.27. The number of aromatic amines is 1. The van der Waals surface area contributed by atoms with Gasteiger partial charge in [0.15, 0.2) is 0 Å². The molecule has 1 fully saturated rings. The quantitative estimate of drug-likeness (QED) is 0.560. The monoisotopic (exact) mass is 212 g/mol. The summed E-state index contributed by atoms with van der Waals surface area (Å²) in [4.78, 5) is 10.0. The molecule has 0 aliphatic carbocycles. The van der Waals surface area contributed by atoms with Gasteiger partial charge in [0.1, 0.15) is 12.3 Å². The van der Waals surface area contributed by atoms with E-state index in [1.165, 1.54) is 6.20 Å². The predicted molar refractivity (Wildman–Crippen MR) is 51.8 cm³/mol. The van der Waals surface area contributed by atoms with Gasteiger partial charge in [0.2, 0.25) is 5.75 Å². The van der Waals surface area contributed by atoms with Crippen LogP contribution in [0.25, 0.3) is 0 Å². The Morgan fingerprint density at radius 2 is 2.53 bits per heavy atom. The fourth-order valence-electron chi connectivity index (χ4n) is 1.59. The Hall–Kier alpha value is -1.63. The molecule has 1 aliphatic heterocycles. The largest absolute Gasteiger partial charge is 0.480 e. The third kappa shape index (κ3) is 2.24. The number of nitrogens with one attached hydrogen (secondary N) is 2. The van der Waals surface area contributed by atoms with Gasteiger partial charge in [-0.25, -0.2) is 0 Å². The summed E-state index contributed by atoms with van der Waals surface area (Å²) in [5, 5.41) is 19.6. The molecule has 1 aromatic heterocycles. The van der Waals surface area contributed by atoms with Gasteiger partial charge < -0.3 is 20.2 Å². The summed E-state index contributed by atoms with van der Waals surface area (Å²) in [6.45, 7) is 1.70. The van der Waals surface area contributed by atoms with Crippen molar-refractivity contribution in [1.29, 1.82) is 0 Å². The maximum atomic E-state index is 10.6. The molecular formula is C8H12N4O3. The maximum absolute atomic E-state index is 10.6. The van der Waals surface area contributed by atoms with Crippen LogP contribution in [0.15, 0.2) is 6.20 Å². The third-order valence-corrected chi connectivity index (χ3v) is 2.31. The van der Waals surface area contributed by atoms with Crippen molar-refractivity contribution in [3.8, 4) is 5.75 Å². The second-order valence-electron chi connectivity index (χ2n) is 3.43. The van der Waals surface area contributed by atoms with Gasteiger partial charge >= 0.3 is 5.82 Å². The van der Waals surface area contributed by atoms with E-state index >= 15 is 0 Å². The number of aromatic nitrogens is 2. The molecule has 1 aliphatic rings. The molecule has 2 rings (SSSR count). The Balaban J connectivity index is 2.03. The number of nitrogens with zero attached hydrogens (tertiary/aromatic N) is 2. The lowest BCUT2D eigenvalue weighted by Crippen LogP contribution is -2.37. The smallest absolute Gasteiger partial charge is 0.385 e. The first-order valence-electron chi connectivity index (χ1n) is 4.82. The van der Waals surface area contributed by atoms with E-state index in [4.69, 9.17) is 4.74 Å². The van der Waals surface area contributed by atoms with Crippen LogP contribution in [0.2, 0.25) is 0 Å². The second kappa shape index (κ2) is 4.26. The molecule has 0 amide bonds. The van der Waals surface area contributed by atoms with Gasteiger partial charge in [-0.1, -0.05) is 5.10 Å². The molecule has 7 heteroatoms. The third-order valence-electron chi connectivity index (χ3n) is 2.31. The Morgan fingerprint density at radius 1 is 1.67 bits per heavy atom. The van der Waals surface area contributed by atoms with Crippen LogP contribution in [-0.4, -0.2) is 34.3 Å². The first kappa shape index (κ1) is 9.91. The lowest BCUT2D eigenvalue weighted by Gasteiger charge is -2.22. The summed E-state index contributed by atoms with van der Waals surface area (Å²) in [7, 11) is 0. The first-order valence-corrected chi connectivity index (χ1v) is 4.82. The lowest BCUT2D eigenvalue weighted by atomic mass is 10.1. The zero-order chi connectivity index (χ0) is 10.7. The minimum absolute atomic E-state index is 0.00458. The molecule has 82 valence electrons. The Labute approximate surface area is 86.0 Å². The lowest BCUT2D eigenvalue weighted by molar-refractivity contribution is -0.390. The van der Waals surface area contributed by atoms with Crippen LogP contribution in [0.4, 0.5) is 5.82 Å². The summed E-state index contributed by atoms with van der Waals surface area (Å²) in [6.07, 6.45) is 3.27. The molecule has 2 heterocycles. The van der Waals surface area contributed by atoms with Crippen LogP contribution in [0.5, 0.6) is 5.75 Å². The minimum atomic E-state index is -0.529. The summed E-state index contributed by atoms with van der Waals surface area (Å²) < 4.78 is 5.49. The predicted octanol–water partition coefficient (Wildman–Crippen LogP) is 0.449. The molecular weight excluding hydrogens is 200 g/mol. The van der Waals surface area contributed by atoms with E-state index in [2.05, 4.69) is 15.5 Å². The van der Waals surface area contributed by atoms with Crippen molar-refractivity contribution in [2.24, 2.45) is 0 Å². The number of nitro groups is 1. The normalized spacial score (nSPS) is 21.2. The van der Waals surface area contributed by atoms with E-state index in [0.717, 1.165) is 25.9 Å². The van der Waals surface area contributed by atoms with Crippen molar-refractivity contribution in [3.05, 3.63) is 16.3 Å². The second-order valence-corrected chi connectivity index (χ2v) is 3.43. The highest BCUT2D eigenvalue weighted by molar-refractivity contribution is 5.36. The summed E-state index contributed by atoms with van der Waals surface area (Å²) in [6, 6.07) is 0. The van der Waals surface area contributed by atoms with E-state index in [1.807, 2.05) is 0 Å². The van der Waals surface area contributed by atoms with E-state index in [-0.39, 0.29) is 17.7 Å². The number of ether oxygens (including phenoxy) is 1.